The highest BCUT2D eigenvalue weighted by Gasteiger charge is 2.37. The second kappa shape index (κ2) is 9.75. The van der Waals surface area contributed by atoms with Gasteiger partial charge in [0, 0.05) is 24.8 Å². The van der Waals surface area contributed by atoms with Crippen LogP contribution in [0.25, 0.3) is 0 Å². The molecule has 0 aliphatic carbocycles. The van der Waals surface area contributed by atoms with E-state index in [9.17, 15) is 26.7 Å². The summed E-state index contributed by atoms with van der Waals surface area (Å²) in [6.07, 6.45) is -2.20. The third-order valence-electron chi connectivity index (χ3n) is 6.37. The molecule has 0 radical (unpaired) electrons. The van der Waals surface area contributed by atoms with Gasteiger partial charge in [-0.15, -0.1) is 0 Å². The number of benzene rings is 2. The number of fused-ring (bicyclic) bond motifs is 1. The average Bonchev–Trinajstić information content (AvgIpc) is 2.82. The number of anilines is 1. The van der Waals surface area contributed by atoms with Crippen molar-refractivity contribution in [1.82, 2.24) is 0 Å². The lowest BCUT2D eigenvalue weighted by Gasteiger charge is -2.36. The topological polar surface area (TPSA) is 76.1 Å². The number of ether oxygens (including phenoxy) is 2. The molecular formula is C24H28F3NO5S. The second-order valence-corrected chi connectivity index (χ2v) is 10.5. The molecule has 2 aliphatic heterocycles. The quantitative estimate of drug-likeness (QED) is 0.631. The molecule has 1 saturated heterocycles. The van der Waals surface area contributed by atoms with Crippen molar-refractivity contribution < 1.29 is 37.5 Å². The number of alkyl halides is 3. The maximum absolute atomic E-state index is 13.6. The second-order valence-electron chi connectivity index (χ2n) is 8.73. The fourth-order valence-corrected chi connectivity index (χ4v) is 6.18. The molecule has 0 spiro atoms. The zero-order chi connectivity index (χ0) is 25.4. The molecule has 34 heavy (non-hydrogen) atoms. The monoisotopic (exact) mass is 500 g/mol. The van der Waals surface area contributed by atoms with E-state index < -0.39 is 34.4 Å². The van der Waals surface area contributed by atoms with Gasteiger partial charge >= 0.3 is 6.18 Å². The Hall–Kier alpha value is -2.30. The highest BCUT2D eigenvalue weighted by Crippen LogP contribution is 2.39. The molecule has 2 heterocycles. The van der Waals surface area contributed by atoms with Crippen molar-refractivity contribution in [1.29, 1.82) is 0 Å². The normalized spacial score (nSPS) is 21.0. The molecule has 0 saturated carbocycles. The van der Waals surface area contributed by atoms with Gasteiger partial charge in [-0.3, -0.25) is 4.31 Å². The van der Waals surface area contributed by atoms with Crippen LogP contribution < -0.4 is 9.04 Å². The Morgan fingerprint density at radius 3 is 2.59 bits per heavy atom. The Morgan fingerprint density at radius 1 is 1.18 bits per heavy atom. The Kier molecular flexibility index (Phi) is 6.72. The summed E-state index contributed by atoms with van der Waals surface area (Å²) in [6, 6.07) is 6.54. The van der Waals surface area contributed by atoms with Crippen molar-refractivity contribution in [2.45, 2.75) is 56.3 Å². The van der Waals surface area contributed by atoms with Crippen molar-refractivity contribution in [3.63, 3.8) is 0 Å². The summed E-state index contributed by atoms with van der Waals surface area (Å²) < 4.78 is 86.9. The molecule has 2 aliphatic rings. The van der Waals surface area contributed by atoms with Crippen LogP contribution in [-0.2, 0) is 33.9 Å². The maximum Gasteiger partial charge on any atom is 0.416 e. The highest BCUT2D eigenvalue weighted by molar-refractivity contribution is 7.92. The molecule has 2 aromatic carbocycles. The average molecular weight is 501 g/mol. The maximum atomic E-state index is 13.6. The highest BCUT2D eigenvalue weighted by atomic mass is 32.2. The molecule has 4 rings (SSSR count). The van der Waals surface area contributed by atoms with Gasteiger partial charge in [-0.1, -0.05) is 0 Å². The van der Waals surface area contributed by atoms with Gasteiger partial charge in [-0.05, 0) is 80.5 Å². The zero-order valence-corrected chi connectivity index (χ0v) is 19.5. The first-order valence-corrected chi connectivity index (χ1v) is 12.6. The minimum atomic E-state index is -4.53. The number of rotatable bonds is 6. The number of hydrogen-bond acceptors (Lipinski definition) is 5. The predicted octanol–water partition coefficient (Wildman–Crippen LogP) is 4.53. The fourth-order valence-electron chi connectivity index (χ4n) is 4.42. The van der Waals surface area contributed by atoms with E-state index in [1.54, 1.807) is 6.92 Å². The van der Waals surface area contributed by atoms with Crippen molar-refractivity contribution in [2.24, 2.45) is 5.92 Å². The first kappa shape index (κ1) is 23.4. The Balaban J connectivity index is 1.65. The van der Waals surface area contributed by atoms with Gasteiger partial charge in [0.25, 0.3) is 10.0 Å². The molecule has 0 aromatic heterocycles. The van der Waals surface area contributed by atoms with E-state index in [4.69, 9.17) is 10.8 Å². The fraction of sp³-hybridized carbons (Fsp3) is 0.500. The minimum Gasteiger partial charge on any atom is -0.493 e. The van der Waals surface area contributed by atoms with Crippen molar-refractivity contribution in [3.05, 3.63) is 53.1 Å². The number of nitrogens with zero attached hydrogens (tertiary/aromatic N) is 1. The van der Waals surface area contributed by atoms with Crippen LogP contribution in [0.15, 0.2) is 41.3 Å². The van der Waals surface area contributed by atoms with E-state index in [0.29, 0.717) is 38.2 Å². The van der Waals surface area contributed by atoms with E-state index in [-0.39, 0.29) is 27.8 Å². The van der Waals surface area contributed by atoms with E-state index >= 15 is 0 Å². The SMILES string of the molecule is [2H][C@H](O)c1cc(S(=O)(=O)N2c3ccc(C(F)(F)F)cc3CCC2C)ccc1OCC1CCOCC1. The standard InChI is InChI=1S/C24H28F3NO5S/c1-16-2-3-18-12-20(24(25,26)27)4-6-22(18)28(16)34(30,31)21-5-7-23(19(13-21)14-29)33-15-17-8-10-32-11-9-17/h4-7,12-13,16-17,29H,2-3,8-11,14-15H2,1H3/i14D/t14-,16?/m0/s1. The van der Waals surface area contributed by atoms with Gasteiger partial charge in [-0.25, -0.2) is 8.42 Å². The van der Waals surface area contributed by atoms with Gasteiger partial charge < -0.3 is 14.6 Å². The number of halogens is 3. The lowest BCUT2D eigenvalue weighted by atomic mass is 9.97. The smallest absolute Gasteiger partial charge is 0.416 e. The summed E-state index contributed by atoms with van der Waals surface area (Å²) in [5, 5.41) is 10.0. The summed E-state index contributed by atoms with van der Waals surface area (Å²) in [5.74, 6) is 0.482. The van der Waals surface area contributed by atoms with Crippen molar-refractivity contribution >= 4 is 15.7 Å². The Labute approximate surface area is 198 Å². The minimum absolute atomic E-state index is 0.00967. The number of aliphatic hydroxyl groups is 1. The first-order valence-electron chi connectivity index (χ1n) is 11.8. The van der Waals surface area contributed by atoms with Gasteiger partial charge in [0.1, 0.15) is 5.75 Å². The van der Waals surface area contributed by atoms with Gasteiger partial charge in [0.05, 0.1) is 30.7 Å². The number of aliphatic hydroxyl groups excluding tert-OH is 1. The molecular weight excluding hydrogens is 471 g/mol. The summed E-state index contributed by atoms with van der Waals surface area (Å²) in [6.45, 7) is 1.60. The van der Waals surface area contributed by atoms with Gasteiger partial charge in [-0.2, -0.15) is 13.2 Å². The molecule has 186 valence electrons. The van der Waals surface area contributed by atoms with Crippen LogP contribution in [0.4, 0.5) is 18.9 Å². The van der Waals surface area contributed by atoms with Gasteiger partial charge in [0.2, 0.25) is 0 Å². The Morgan fingerprint density at radius 2 is 1.91 bits per heavy atom. The molecule has 2 atom stereocenters. The van der Waals surface area contributed by atoms with E-state index in [1.165, 1.54) is 24.3 Å². The van der Waals surface area contributed by atoms with E-state index in [0.717, 1.165) is 29.3 Å². The van der Waals surface area contributed by atoms with E-state index in [2.05, 4.69) is 0 Å². The van der Waals surface area contributed by atoms with Gasteiger partial charge in [0.15, 0.2) is 0 Å². The Bertz CT molecular complexity index is 1170. The number of hydrogen-bond donors (Lipinski definition) is 1. The van der Waals surface area contributed by atoms with Crippen LogP contribution in [0.1, 0.15) is 44.2 Å². The molecule has 0 bridgehead atoms. The van der Waals surface area contributed by atoms with Crippen LogP contribution in [0.3, 0.4) is 0 Å². The lowest BCUT2D eigenvalue weighted by molar-refractivity contribution is -0.137. The van der Waals surface area contributed by atoms with Crippen LogP contribution >= 0.6 is 0 Å². The summed E-state index contributed by atoms with van der Waals surface area (Å²) in [7, 11) is -4.20. The lowest BCUT2D eigenvalue weighted by Crippen LogP contribution is -2.42. The largest absolute Gasteiger partial charge is 0.493 e. The zero-order valence-electron chi connectivity index (χ0n) is 19.7. The third kappa shape index (κ3) is 5.04. The first-order chi connectivity index (χ1) is 16.5. The summed E-state index contributed by atoms with van der Waals surface area (Å²) in [5.41, 5.74) is -0.313. The molecule has 0 amide bonds. The van der Waals surface area contributed by atoms with Crippen LogP contribution in [0, 0.1) is 5.92 Å². The van der Waals surface area contributed by atoms with Crippen molar-refractivity contribution in [2.75, 3.05) is 24.1 Å². The summed E-state index contributed by atoms with van der Waals surface area (Å²) in [4.78, 5) is -0.170. The molecule has 1 unspecified atom stereocenters. The summed E-state index contributed by atoms with van der Waals surface area (Å²) >= 11 is 0. The third-order valence-corrected chi connectivity index (χ3v) is 8.29. The molecule has 1 N–H and O–H groups in total. The predicted molar refractivity (Wildman–Crippen MR) is 120 cm³/mol. The molecule has 10 heteroatoms. The molecule has 6 nitrogen and oxygen atoms in total. The van der Waals surface area contributed by atoms with E-state index in [1.807, 2.05) is 0 Å². The number of sulfonamides is 1. The molecule has 2 aromatic rings. The van der Waals surface area contributed by atoms with Crippen LogP contribution in [0.5, 0.6) is 5.75 Å². The van der Waals surface area contributed by atoms with Crippen LogP contribution in [0.2, 0.25) is 0 Å². The molecule has 1 fully saturated rings. The van der Waals surface area contributed by atoms with Crippen LogP contribution in [-0.4, -0.2) is 39.4 Å². The number of aryl methyl sites for hydroxylation is 1. The van der Waals surface area contributed by atoms with Crippen molar-refractivity contribution in [3.8, 4) is 5.75 Å².